The highest BCUT2D eigenvalue weighted by atomic mass is 19.4. The zero-order chi connectivity index (χ0) is 15.5. The van der Waals surface area contributed by atoms with Gasteiger partial charge in [0.25, 0.3) is 0 Å². The minimum Gasteiger partial charge on any atom is -0.351 e. The van der Waals surface area contributed by atoms with Crippen LogP contribution < -0.4 is 11.1 Å². The highest BCUT2D eigenvalue weighted by molar-refractivity contribution is 5.83. The Morgan fingerprint density at radius 3 is 2.43 bits per heavy atom. The van der Waals surface area contributed by atoms with Crippen molar-refractivity contribution in [2.24, 2.45) is 11.7 Å². The first-order valence-corrected chi connectivity index (χ1v) is 7.07. The molecule has 1 aromatic carbocycles. The van der Waals surface area contributed by atoms with E-state index in [9.17, 15) is 18.0 Å². The van der Waals surface area contributed by atoms with E-state index in [1.54, 1.807) is 30.3 Å². The number of halogens is 3. The molecular formula is C15H19F3N2O. The minimum absolute atomic E-state index is 0.0645. The summed E-state index contributed by atoms with van der Waals surface area (Å²) in [6.45, 7) is 0. The molecular weight excluding hydrogens is 281 g/mol. The Kier molecular flexibility index (Phi) is 4.88. The number of nitrogens with one attached hydrogen (secondary N) is 1. The van der Waals surface area contributed by atoms with Crippen LogP contribution in [0.3, 0.4) is 0 Å². The van der Waals surface area contributed by atoms with Crippen LogP contribution in [0.4, 0.5) is 13.2 Å². The third kappa shape index (κ3) is 3.97. The van der Waals surface area contributed by atoms with E-state index in [1.807, 2.05) is 0 Å². The fraction of sp³-hybridized carbons (Fsp3) is 0.533. The van der Waals surface area contributed by atoms with Gasteiger partial charge in [-0.2, -0.15) is 13.2 Å². The van der Waals surface area contributed by atoms with Gasteiger partial charge in [0, 0.05) is 6.04 Å². The summed E-state index contributed by atoms with van der Waals surface area (Å²) in [4.78, 5) is 12.1. The molecule has 0 bridgehead atoms. The molecule has 3 N–H and O–H groups in total. The molecule has 3 nitrogen and oxygen atoms in total. The Hall–Kier alpha value is -1.56. The zero-order valence-electron chi connectivity index (χ0n) is 11.6. The fourth-order valence-electron chi connectivity index (χ4n) is 2.78. The molecule has 1 fully saturated rings. The van der Waals surface area contributed by atoms with E-state index in [4.69, 9.17) is 5.73 Å². The molecule has 0 radical (unpaired) electrons. The van der Waals surface area contributed by atoms with Crippen molar-refractivity contribution in [1.29, 1.82) is 0 Å². The molecule has 0 spiro atoms. The second-order valence-corrected chi connectivity index (χ2v) is 5.44. The first-order valence-electron chi connectivity index (χ1n) is 7.07. The topological polar surface area (TPSA) is 55.1 Å². The Bertz CT molecular complexity index is 476. The van der Waals surface area contributed by atoms with E-state index < -0.39 is 30.1 Å². The first kappa shape index (κ1) is 15.8. The van der Waals surface area contributed by atoms with Crippen LogP contribution in [0.5, 0.6) is 0 Å². The number of carbonyl (C=O) groups excluding carboxylic acids is 1. The van der Waals surface area contributed by atoms with Crippen molar-refractivity contribution in [3.05, 3.63) is 35.9 Å². The van der Waals surface area contributed by atoms with Crippen LogP contribution in [0.15, 0.2) is 30.3 Å². The van der Waals surface area contributed by atoms with Crippen molar-refractivity contribution >= 4 is 5.91 Å². The number of carbonyl (C=O) groups is 1. The average Bonchev–Trinajstić information content (AvgIpc) is 2.47. The second kappa shape index (κ2) is 6.47. The van der Waals surface area contributed by atoms with Gasteiger partial charge in [0.05, 0.1) is 5.92 Å². The number of hydrogen-bond donors (Lipinski definition) is 2. The number of amides is 1. The number of nitrogens with two attached hydrogens (primary N) is 1. The molecule has 3 atom stereocenters. The smallest absolute Gasteiger partial charge is 0.351 e. The maximum atomic E-state index is 13.0. The number of rotatable bonds is 3. The standard InChI is InChI=1S/C15H19F3N2O/c16-15(17,18)11-8-4-5-9-12(11)20-14(21)13(19)10-6-2-1-3-7-10/h1-3,6-7,11-13H,4-5,8-9,19H2,(H,20,21). The maximum absolute atomic E-state index is 13.0. The highest BCUT2D eigenvalue weighted by Gasteiger charge is 2.46. The van der Waals surface area contributed by atoms with Crippen molar-refractivity contribution in [2.45, 2.75) is 43.9 Å². The lowest BCUT2D eigenvalue weighted by atomic mass is 9.83. The Morgan fingerprint density at radius 1 is 1.19 bits per heavy atom. The highest BCUT2D eigenvalue weighted by Crippen LogP contribution is 2.37. The van der Waals surface area contributed by atoms with Crippen LogP contribution in [0, 0.1) is 5.92 Å². The first-order chi connectivity index (χ1) is 9.89. The lowest BCUT2D eigenvalue weighted by Crippen LogP contribution is -2.49. The quantitative estimate of drug-likeness (QED) is 0.902. The molecule has 1 aliphatic carbocycles. The molecule has 0 saturated heterocycles. The third-order valence-corrected chi connectivity index (χ3v) is 3.96. The molecule has 0 aromatic heterocycles. The number of hydrogen-bond acceptors (Lipinski definition) is 2. The van der Waals surface area contributed by atoms with Gasteiger partial charge < -0.3 is 11.1 Å². The van der Waals surface area contributed by atoms with Crippen LogP contribution in [0.1, 0.15) is 37.3 Å². The third-order valence-electron chi connectivity index (χ3n) is 3.96. The summed E-state index contributed by atoms with van der Waals surface area (Å²) >= 11 is 0. The summed E-state index contributed by atoms with van der Waals surface area (Å²) in [7, 11) is 0. The second-order valence-electron chi connectivity index (χ2n) is 5.44. The molecule has 0 aliphatic heterocycles. The lowest BCUT2D eigenvalue weighted by molar-refractivity contribution is -0.189. The number of benzene rings is 1. The molecule has 1 aliphatic rings. The molecule has 116 valence electrons. The van der Waals surface area contributed by atoms with Crippen LogP contribution in [0.2, 0.25) is 0 Å². The van der Waals surface area contributed by atoms with E-state index in [2.05, 4.69) is 5.32 Å². The van der Waals surface area contributed by atoms with Crippen LogP contribution in [-0.4, -0.2) is 18.1 Å². The van der Waals surface area contributed by atoms with Crippen molar-refractivity contribution in [3.63, 3.8) is 0 Å². The largest absolute Gasteiger partial charge is 0.393 e. The van der Waals surface area contributed by atoms with Gasteiger partial charge in [-0.1, -0.05) is 43.2 Å². The van der Waals surface area contributed by atoms with Gasteiger partial charge in [0.1, 0.15) is 6.04 Å². The van der Waals surface area contributed by atoms with Crippen LogP contribution in [-0.2, 0) is 4.79 Å². The van der Waals surface area contributed by atoms with Crippen molar-refractivity contribution in [3.8, 4) is 0 Å². The van der Waals surface area contributed by atoms with Gasteiger partial charge in [-0.25, -0.2) is 0 Å². The van der Waals surface area contributed by atoms with E-state index in [-0.39, 0.29) is 6.42 Å². The predicted octanol–water partition coefficient (Wildman–Crippen LogP) is 2.92. The van der Waals surface area contributed by atoms with Gasteiger partial charge in [-0.3, -0.25) is 4.79 Å². The lowest BCUT2D eigenvalue weighted by Gasteiger charge is -2.34. The fourth-order valence-corrected chi connectivity index (χ4v) is 2.78. The molecule has 1 amide bonds. The van der Waals surface area contributed by atoms with Crippen molar-refractivity contribution in [2.75, 3.05) is 0 Å². The van der Waals surface area contributed by atoms with E-state index in [0.717, 1.165) is 0 Å². The average molecular weight is 300 g/mol. The molecule has 3 unspecified atom stereocenters. The van der Waals surface area contributed by atoms with Gasteiger partial charge in [0.15, 0.2) is 0 Å². The van der Waals surface area contributed by atoms with Gasteiger partial charge >= 0.3 is 6.18 Å². The zero-order valence-corrected chi connectivity index (χ0v) is 11.6. The summed E-state index contributed by atoms with van der Waals surface area (Å²) in [6.07, 6.45) is -2.64. The summed E-state index contributed by atoms with van der Waals surface area (Å²) in [5.74, 6) is -2.03. The summed E-state index contributed by atoms with van der Waals surface area (Å²) < 4.78 is 38.9. The van der Waals surface area contributed by atoms with Crippen LogP contribution in [0.25, 0.3) is 0 Å². The van der Waals surface area contributed by atoms with E-state index >= 15 is 0 Å². The van der Waals surface area contributed by atoms with Gasteiger partial charge in [-0.15, -0.1) is 0 Å². The molecule has 2 rings (SSSR count). The normalized spacial score (nSPS) is 24.4. The summed E-state index contributed by atoms with van der Waals surface area (Å²) in [6, 6.07) is 6.82. The van der Waals surface area contributed by atoms with Gasteiger partial charge in [-0.05, 0) is 18.4 Å². The molecule has 1 aromatic rings. The maximum Gasteiger partial charge on any atom is 0.393 e. The van der Waals surface area contributed by atoms with Crippen LogP contribution >= 0.6 is 0 Å². The number of alkyl halides is 3. The van der Waals surface area contributed by atoms with E-state index in [0.29, 0.717) is 24.8 Å². The summed E-state index contributed by atoms with van der Waals surface area (Å²) in [5.41, 5.74) is 6.41. The van der Waals surface area contributed by atoms with Crippen molar-refractivity contribution < 1.29 is 18.0 Å². The van der Waals surface area contributed by atoms with Crippen molar-refractivity contribution in [1.82, 2.24) is 5.32 Å². The Morgan fingerprint density at radius 2 is 1.81 bits per heavy atom. The van der Waals surface area contributed by atoms with E-state index in [1.165, 1.54) is 0 Å². The summed E-state index contributed by atoms with van der Waals surface area (Å²) in [5, 5.41) is 2.49. The molecule has 21 heavy (non-hydrogen) atoms. The monoisotopic (exact) mass is 300 g/mol. The molecule has 0 heterocycles. The van der Waals surface area contributed by atoms with Gasteiger partial charge in [0.2, 0.25) is 5.91 Å². The molecule has 6 heteroatoms. The SMILES string of the molecule is NC(C(=O)NC1CCCCC1C(F)(F)F)c1ccccc1. The molecule has 1 saturated carbocycles. The Labute approximate surface area is 121 Å². The minimum atomic E-state index is -4.28. The Balaban J connectivity index is 2.03. The predicted molar refractivity (Wildman–Crippen MR) is 73.3 cm³/mol.